The summed E-state index contributed by atoms with van der Waals surface area (Å²) in [7, 11) is 0. The van der Waals surface area contributed by atoms with Gasteiger partial charge in [-0.15, -0.1) is 5.11 Å². The molecule has 0 atom stereocenters. The van der Waals surface area contributed by atoms with Crippen LogP contribution in [0.25, 0.3) is 10.8 Å². The van der Waals surface area contributed by atoms with Crippen molar-refractivity contribution >= 4 is 39.2 Å². The van der Waals surface area contributed by atoms with Gasteiger partial charge >= 0.3 is 0 Å². The molecule has 0 fully saturated rings. The molecule has 1 N–H and O–H groups in total. The highest BCUT2D eigenvalue weighted by Gasteiger charge is 2.13. The fourth-order valence-electron chi connectivity index (χ4n) is 4.20. The van der Waals surface area contributed by atoms with Crippen LogP contribution in [0.5, 0.6) is 11.5 Å². The highest BCUT2D eigenvalue weighted by molar-refractivity contribution is 5.91. The van der Waals surface area contributed by atoms with E-state index in [1.165, 1.54) is 17.8 Å². The molecule has 0 aliphatic rings. The molecule has 0 bridgehead atoms. The van der Waals surface area contributed by atoms with Gasteiger partial charge in [0.25, 0.3) is 5.69 Å². The zero-order chi connectivity index (χ0) is 26.4. The highest BCUT2D eigenvalue weighted by atomic mass is 16.6. The van der Waals surface area contributed by atoms with Crippen molar-refractivity contribution in [1.82, 2.24) is 0 Å². The third kappa shape index (κ3) is 5.86. The lowest BCUT2D eigenvalue weighted by molar-refractivity contribution is -0.384. The quantitative estimate of drug-likeness (QED) is 0.135. The van der Waals surface area contributed by atoms with E-state index in [-0.39, 0.29) is 5.69 Å². The summed E-state index contributed by atoms with van der Waals surface area (Å²) >= 11 is 0. The molecule has 0 saturated carbocycles. The number of fused-ring (bicyclic) bond motifs is 1. The molecule has 8 heteroatoms. The average Bonchev–Trinajstić information content (AvgIpc) is 2.90. The zero-order valence-corrected chi connectivity index (χ0v) is 21.6. The van der Waals surface area contributed by atoms with Crippen LogP contribution < -0.4 is 15.0 Å². The van der Waals surface area contributed by atoms with Crippen LogP contribution in [0.3, 0.4) is 0 Å². The Morgan fingerprint density at radius 3 is 2.35 bits per heavy atom. The zero-order valence-electron chi connectivity index (χ0n) is 21.6. The molecule has 0 heterocycles. The van der Waals surface area contributed by atoms with Crippen LogP contribution in [0.4, 0.5) is 28.4 Å². The Kier molecular flexibility index (Phi) is 7.98. The van der Waals surface area contributed by atoms with E-state index in [2.05, 4.69) is 58.6 Å². The van der Waals surface area contributed by atoms with Crippen LogP contribution >= 0.6 is 0 Å². The number of nitrogens with one attached hydrogen (secondary N) is 1. The van der Waals surface area contributed by atoms with Gasteiger partial charge in [-0.25, -0.2) is 0 Å². The predicted octanol–water partition coefficient (Wildman–Crippen LogP) is 8.54. The second-order valence-corrected chi connectivity index (χ2v) is 8.57. The Morgan fingerprint density at radius 1 is 0.919 bits per heavy atom. The number of azo groups is 1. The first kappa shape index (κ1) is 25.6. The summed E-state index contributed by atoms with van der Waals surface area (Å²) in [5, 5.41) is 25.1. The third-order valence-electron chi connectivity index (χ3n) is 6.18. The average molecular weight is 498 g/mol. The van der Waals surface area contributed by atoms with Crippen molar-refractivity contribution in [1.29, 1.82) is 0 Å². The fourth-order valence-corrected chi connectivity index (χ4v) is 4.20. The summed E-state index contributed by atoms with van der Waals surface area (Å²) in [6, 6.07) is 22.2. The number of ether oxygens (including phenoxy) is 1. The number of nitro benzene ring substituents is 1. The van der Waals surface area contributed by atoms with Gasteiger partial charge < -0.3 is 15.0 Å². The van der Waals surface area contributed by atoms with Gasteiger partial charge in [-0.2, -0.15) is 5.11 Å². The summed E-state index contributed by atoms with van der Waals surface area (Å²) in [5.41, 5.74) is 4.23. The molecule has 37 heavy (non-hydrogen) atoms. The van der Waals surface area contributed by atoms with Gasteiger partial charge in [-0.3, -0.25) is 10.1 Å². The molecule has 0 aliphatic heterocycles. The SMILES string of the molecule is CCNc1cc(Oc2cccc3cc(N(CC)CC)ccc23)c(N=Nc2ccc([N+](=O)[O-])cc2)cc1C. The van der Waals surface area contributed by atoms with E-state index in [1.807, 2.05) is 38.1 Å². The van der Waals surface area contributed by atoms with Crippen LogP contribution in [0, 0.1) is 17.0 Å². The molecule has 0 unspecified atom stereocenters. The smallest absolute Gasteiger partial charge is 0.269 e. The monoisotopic (exact) mass is 497 g/mol. The minimum absolute atomic E-state index is 0.00826. The Balaban J connectivity index is 1.72. The maximum absolute atomic E-state index is 10.9. The molecule has 4 aromatic carbocycles. The number of hydrogen-bond acceptors (Lipinski definition) is 7. The largest absolute Gasteiger partial charge is 0.454 e. The number of aryl methyl sites for hydroxylation is 1. The Labute approximate surface area is 216 Å². The van der Waals surface area contributed by atoms with E-state index in [0.29, 0.717) is 17.1 Å². The van der Waals surface area contributed by atoms with Gasteiger partial charge in [-0.1, -0.05) is 12.1 Å². The van der Waals surface area contributed by atoms with Crippen molar-refractivity contribution < 1.29 is 9.66 Å². The first-order valence-electron chi connectivity index (χ1n) is 12.4. The number of hydrogen-bond donors (Lipinski definition) is 1. The first-order chi connectivity index (χ1) is 17.9. The van der Waals surface area contributed by atoms with Crippen molar-refractivity contribution in [3.63, 3.8) is 0 Å². The number of nitrogens with zero attached hydrogens (tertiary/aromatic N) is 4. The summed E-state index contributed by atoms with van der Waals surface area (Å²) in [6.45, 7) is 11.0. The summed E-state index contributed by atoms with van der Waals surface area (Å²) in [6.07, 6.45) is 0. The van der Waals surface area contributed by atoms with Gasteiger partial charge in [0.05, 0.1) is 10.6 Å². The highest BCUT2D eigenvalue weighted by Crippen LogP contribution is 2.40. The lowest BCUT2D eigenvalue weighted by Gasteiger charge is -2.21. The van der Waals surface area contributed by atoms with Gasteiger partial charge in [-0.05, 0) is 81.1 Å². The fraction of sp³-hybridized carbons (Fsp3) is 0.241. The van der Waals surface area contributed by atoms with Crippen molar-refractivity contribution in [2.45, 2.75) is 27.7 Å². The summed E-state index contributed by atoms with van der Waals surface area (Å²) in [5.74, 6) is 1.29. The first-order valence-corrected chi connectivity index (χ1v) is 12.4. The number of nitro groups is 1. The van der Waals surface area contributed by atoms with Gasteiger partial charge in [0.15, 0.2) is 5.75 Å². The van der Waals surface area contributed by atoms with Crippen molar-refractivity contribution in [2.24, 2.45) is 10.2 Å². The van der Waals surface area contributed by atoms with Gasteiger partial charge in [0, 0.05) is 54.6 Å². The van der Waals surface area contributed by atoms with Gasteiger partial charge in [0.1, 0.15) is 11.4 Å². The van der Waals surface area contributed by atoms with E-state index in [1.54, 1.807) is 12.1 Å². The van der Waals surface area contributed by atoms with Crippen LogP contribution in [-0.2, 0) is 0 Å². The molecule has 0 amide bonds. The van der Waals surface area contributed by atoms with Gasteiger partial charge in [0.2, 0.25) is 0 Å². The molecular formula is C29H31N5O3. The topological polar surface area (TPSA) is 92.4 Å². The van der Waals surface area contributed by atoms with Crippen molar-refractivity contribution in [3.8, 4) is 11.5 Å². The second-order valence-electron chi connectivity index (χ2n) is 8.57. The lowest BCUT2D eigenvalue weighted by Crippen LogP contribution is -2.21. The standard InChI is InChI=1S/C29H31N5O3/c1-5-30-26-19-29(27(17-20(26)4)32-31-22-11-13-23(14-12-22)34(35)36)37-28-10-8-9-21-18-24(15-16-25(21)28)33(6-2)7-3/h8-19,30H,5-7H2,1-4H3. The van der Waals surface area contributed by atoms with E-state index < -0.39 is 4.92 Å². The molecule has 4 rings (SSSR count). The molecule has 190 valence electrons. The van der Waals surface area contributed by atoms with Crippen LogP contribution in [0.2, 0.25) is 0 Å². The van der Waals surface area contributed by atoms with Crippen LogP contribution in [0.1, 0.15) is 26.3 Å². The number of benzene rings is 4. The van der Waals surface area contributed by atoms with Crippen LogP contribution in [0.15, 0.2) is 83.0 Å². The van der Waals surface area contributed by atoms with E-state index in [0.717, 1.165) is 47.4 Å². The minimum Gasteiger partial charge on any atom is -0.454 e. The van der Waals surface area contributed by atoms with Crippen LogP contribution in [-0.4, -0.2) is 24.6 Å². The molecule has 0 aliphatic carbocycles. The minimum atomic E-state index is -0.440. The van der Waals surface area contributed by atoms with Crippen molar-refractivity contribution in [3.05, 3.63) is 88.5 Å². The Hall–Kier alpha value is -4.46. The normalized spacial score (nSPS) is 11.1. The molecule has 8 nitrogen and oxygen atoms in total. The molecule has 0 radical (unpaired) electrons. The molecular weight excluding hydrogens is 466 g/mol. The Morgan fingerprint density at radius 2 is 1.68 bits per heavy atom. The summed E-state index contributed by atoms with van der Waals surface area (Å²) in [4.78, 5) is 12.8. The molecule has 0 saturated heterocycles. The lowest BCUT2D eigenvalue weighted by atomic mass is 10.1. The van der Waals surface area contributed by atoms with E-state index >= 15 is 0 Å². The Bertz CT molecular complexity index is 1430. The number of anilines is 2. The second kappa shape index (κ2) is 11.5. The summed E-state index contributed by atoms with van der Waals surface area (Å²) < 4.78 is 6.46. The molecule has 0 aromatic heterocycles. The number of non-ortho nitro benzene ring substituents is 1. The predicted molar refractivity (Wildman–Crippen MR) is 150 cm³/mol. The maximum atomic E-state index is 10.9. The third-order valence-corrected chi connectivity index (χ3v) is 6.18. The van der Waals surface area contributed by atoms with E-state index in [4.69, 9.17) is 4.74 Å². The van der Waals surface area contributed by atoms with E-state index in [9.17, 15) is 10.1 Å². The number of rotatable bonds is 10. The molecule has 0 spiro atoms. The van der Waals surface area contributed by atoms with Crippen molar-refractivity contribution in [2.75, 3.05) is 29.9 Å². The molecule has 4 aromatic rings. The maximum Gasteiger partial charge on any atom is 0.269 e.